The number of hydrogen-bond acceptors (Lipinski definition) is 3. The minimum Gasteiger partial charge on any atom is -0.379 e. The zero-order valence-corrected chi connectivity index (χ0v) is 12.4. The van der Waals surface area contributed by atoms with Gasteiger partial charge in [0.1, 0.15) is 4.33 Å². The van der Waals surface area contributed by atoms with Crippen LogP contribution in [0.25, 0.3) is 0 Å². The number of morpholine rings is 1. The fourth-order valence-electron chi connectivity index (χ4n) is 2.25. The molecule has 2 unspecified atom stereocenters. The number of nitrogens with zero attached hydrogens (tertiary/aromatic N) is 1. The molecule has 0 aromatic carbocycles. The van der Waals surface area contributed by atoms with Crippen LogP contribution >= 0.6 is 23.2 Å². The molecule has 1 aliphatic heterocycles. The maximum absolute atomic E-state index is 12.1. The highest BCUT2D eigenvalue weighted by Crippen LogP contribution is 2.63. The van der Waals surface area contributed by atoms with Crippen LogP contribution < -0.4 is 5.32 Å². The minimum atomic E-state index is -0.893. The largest absolute Gasteiger partial charge is 0.379 e. The van der Waals surface area contributed by atoms with Crippen LogP contribution in [-0.2, 0) is 9.53 Å². The van der Waals surface area contributed by atoms with E-state index in [9.17, 15) is 4.79 Å². The van der Waals surface area contributed by atoms with Crippen LogP contribution in [0, 0.1) is 5.41 Å². The van der Waals surface area contributed by atoms with Gasteiger partial charge in [0.15, 0.2) is 0 Å². The molecule has 0 bridgehead atoms. The number of hydrogen-bond donors (Lipinski definition) is 1. The van der Waals surface area contributed by atoms with E-state index < -0.39 is 9.75 Å². The van der Waals surface area contributed by atoms with Crippen molar-refractivity contribution in [3.05, 3.63) is 0 Å². The lowest BCUT2D eigenvalue weighted by molar-refractivity contribution is -0.126. The van der Waals surface area contributed by atoms with Crippen molar-refractivity contribution in [3.63, 3.8) is 0 Å². The van der Waals surface area contributed by atoms with Gasteiger partial charge in [-0.15, -0.1) is 23.2 Å². The first-order valence-corrected chi connectivity index (χ1v) is 7.10. The highest BCUT2D eigenvalue weighted by molar-refractivity contribution is 6.53. The van der Waals surface area contributed by atoms with Gasteiger partial charge in [-0.25, -0.2) is 0 Å². The molecule has 1 amide bonds. The number of ether oxygens (including phenoxy) is 1. The van der Waals surface area contributed by atoms with Crippen molar-refractivity contribution in [1.29, 1.82) is 0 Å². The molecule has 0 spiro atoms. The van der Waals surface area contributed by atoms with Crippen LogP contribution in [0.3, 0.4) is 0 Å². The first-order valence-electron chi connectivity index (χ1n) is 6.34. The molecule has 6 heteroatoms. The third-order valence-electron chi connectivity index (χ3n) is 3.77. The molecule has 1 aliphatic carbocycles. The van der Waals surface area contributed by atoms with Gasteiger partial charge in [0.05, 0.1) is 18.6 Å². The molecule has 1 N–H and O–H groups in total. The second-order valence-corrected chi connectivity index (χ2v) is 6.98. The van der Waals surface area contributed by atoms with Crippen molar-refractivity contribution >= 4 is 29.1 Å². The second kappa shape index (κ2) is 5.16. The number of halogens is 2. The van der Waals surface area contributed by atoms with E-state index in [1.807, 2.05) is 13.8 Å². The quantitative estimate of drug-likeness (QED) is 0.797. The predicted octanol–water partition coefficient (Wildman–Crippen LogP) is 1.41. The number of nitrogens with one attached hydrogen (secondary N) is 1. The fourth-order valence-corrected chi connectivity index (χ4v) is 2.95. The summed E-state index contributed by atoms with van der Waals surface area (Å²) in [6, 6.07) is 0.0946. The number of carbonyl (C=O) groups excluding carboxylic acids is 1. The first kappa shape index (κ1) is 14.4. The molecule has 2 fully saturated rings. The highest BCUT2D eigenvalue weighted by Gasteiger charge is 2.67. The highest BCUT2D eigenvalue weighted by atomic mass is 35.5. The SMILES string of the molecule is CC(CN1CCOCC1)NC(=O)C1(C)CC1(Cl)Cl. The lowest BCUT2D eigenvalue weighted by Crippen LogP contribution is -2.47. The number of rotatable bonds is 4. The average Bonchev–Trinajstić information content (AvgIpc) is 2.80. The Morgan fingerprint density at radius 3 is 2.50 bits per heavy atom. The van der Waals surface area contributed by atoms with Crippen LogP contribution in [0.1, 0.15) is 20.3 Å². The van der Waals surface area contributed by atoms with E-state index in [1.54, 1.807) is 0 Å². The normalized spacial score (nSPS) is 32.9. The van der Waals surface area contributed by atoms with Gasteiger partial charge in [-0.05, 0) is 20.3 Å². The van der Waals surface area contributed by atoms with Crippen LogP contribution in [0.4, 0.5) is 0 Å². The van der Waals surface area contributed by atoms with Crippen molar-refractivity contribution in [2.75, 3.05) is 32.8 Å². The molecule has 2 atom stereocenters. The van der Waals surface area contributed by atoms with E-state index >= 15 is 0 Å². The van der Waals surface area contributed by atoms with Crippen LogP contribution in [0.2, 0.25) is 0 Å². The summed E-state index contributed by atoms with van der Waals surface area (Å²) in [6.07, 6.45) is 0.527. The molecule has 0 aromatic heterocycles. The number of alkyl halides is 2. The molecule has 104 valence electrons. The molecule has 2 rings (SSSR count). The first-order chi connectivity index (χ1) is 8.35. The monoisotopic (exact) mass is 294 g/mol. The minimum absolute atomic E-state index is 0.0479. The van der Waals surface area contributed by atoms with Gasteiger partial charge in [-0.1, -0.05) is 0 Å². The van der Waals surface area contributed by atoms with Gasteiger partial charge in [0.2, 0.25) is 5.91 Å². The Hall–Kier alpha value is -0.0300. The van der Waals surface area contributed by atoms with Gasteiger partial charge in [0, 0.05) is 25.7 Å². The van der Waals surface area contributed by atoms with Gasteiger partial charge in [-0.2, -0.15) is 0 Å². The summed E-state index contributed by atoms with van der Waals surface area (Å²) in [4.78, 5) is 14.4. The zero-order chi connectivity index (χ0) is 13.4. The lowest BCUT2D eigenvalue weighted by atomic mass is 10.1. The summed E-state index contributed by atoms with van der Waals surface area (Å²) in [5, 5.41) is 2.99. The summed E-state index contributed by atoms with van der Waals surface area (Å²) in [6.45, 7) is 8.03. The molecular weight excluding hydrogens is 275 g/mol. The molecule has 1 saturated carbocycles. The van der Waals surface area contributed by atoms with Gasteiger partial charge in [0.25, 0.3) is 0 Å². The molecule has 0 radical (unpaired) electrons. The Bertz CT molecular complexity index is 332. The number of amides is 1. The molecule has 4 nitrogen and oxygen atoms in total. The molecule has 1 saturated heterocycles. The zero-order valence-electron chi connectivity index (χ0n) is 10.8. The summed E-state index contributed by atoms with van der Waals surface area (Å²) in [5.41, 5.74) is -0.630. The number of carbonyl (C=O) groups is 1. The van der Waals surface area contributed by atoms with E-state index in [-0.39, 0.29) is 11.9 Å². The maximum atomic E-state index is 12.1. The van der Waals surface area contributed by atoms with Gasteiger partial charge < -0.3 is 10.1 Å². The average molecular weight is 295 g/mol. The predicted molar refractivity (Wildman–Crippen MR) is 72.0 cm³/mol. The Balaban J connectivity index is 1.77. The Kier molecular flexibility index (Phi) is 4.12. The van der Waals surface area contributed by atoms with E-state index in [2.05, 4.69) is 10.2 Å². The van der Waals surface area contributed by atoms with E-state index in [4.69, 9.17) is 27.9 Å². The van der Waals surface area contributed by atoms with E-state index in [0.29, 0.717) is 6.42 Å². The van der Waals surface area contributed by atoms with Crippen molar-refractivity contribution in [3.8, 4) is 0 Å². The molecular formula is C12H20Cl2N2O2. The van der Waals surface area contributed by atoms with Crippen molar-refractivity contribution < 1.29 is 9.53 Å². The van der Waals surface area contributed by atoms with Gasteiger partial charge in [-0.3, -0.25) is 9.69 Å². The van der Waals surface area contributed by atoms with E-state index in [1.165, 1.54) is 0 Å². The van der Waals surface area contributed by atoms with Crippen LogP contribution in [0.15, 0.2) is 0 Å². The van der Waals surface area contributed by atoms with Crippen molar-refractivity contribution in [2.24, 2.45) is 5.41 Å². The topological polar surface area (TPSA) is 41.6 Å². The van der Waals surface area contributed by atoms with Gasteiger partial charge >= 0.3 is 0 Å². The summed E-state index contributed by atoms with van der Waals surface area (Å²) in [7, 11) is 0. The summed E-state index contributed by atoms with van der Waals surface area (Å²) in [5.74, 6) is -0.0479. The lowest BCUT2D eigenvalue weighted by Gasteiger charge is -2.29. The Morgan fingerprint density at radius 1 is 1.44 bits per heavy atom. The third-order valence-corrected chi connectivity index (χ3v) is 4.87. The van der Waals surface area contributed by atoms with E-state index in [0.717, 1.165) is 32.8 Å². The molecule has 18 heavy (non-hydrogen) atoms. The fraction of sp³-hybridized carbons (Fsp3) is 0.917. The summed E-state index contributed by atoms with van der Waals surface area (Å²) < 4.78 is 4.40. The Labute approximate surface area is 118 Å². The molecule has 1 heterocycles. The second-order valence-electron chi connectivity index (χ2n) is 5.50. The van der Waals surface area contributed by atoms with Crippen LogP contribution in [-0.4, -0.2) is 54.0 Å². The maximum Gasteiger partial charge on any atom is 0.229 e. The molecule has 2 aliphatic rings. The Morgan fingerprint density at radius 2 is 2.00 bits per heavy atom. The van der Waals surface area contributed by atoms with Crippen LogP contribution in [0.5, 0.6) is 0 Å². The molecule has 0 aromatic rings. The summed E-state index contributed by atoms with van der Waals surface area (Å²) >= 11 is 12.0. The van der Waals surface area contributed by atoms with Crippen molar-refractivity contribution in [1.82, 2.24) is 10.2 Å². The smallest absolute Gasteiger partial charge is 0.229 e. The standard InChI is InChI=1S/C12H20Cl2N2O2/c1-9(7-16-3-5-18-6-4-16)15-10(17)11(2)8-12(11,13)14/h9H,3-8H2,1-2H3,(H,15,17). The van der Waals surface area contributed by atoms with Crippen molar-refractivity contribution in [2.45, 2.75) is 30.6 Å². The third kappa shape index (κ3) is 2.93.